The van der Waals surface area contributed by atoms with Crippen LogP contribution in [0.5, 0.6) is 5.75 Å². The van der Waals surface area contributed by atoms with Crippen molar-refractivity contribution in [3.8, 4) is 5.75 Å². The predicted molar refractivity (Wildman–Crippen MR) is 115 cm³/mol. The standard InChI is InChI=1S/C22H32ClN3O3/c1-16(2)29-20-8-7-18(23)15-19(20)22(28)26-13-11-24(12-14-26)17(3)21(27)25-9-5-4-6-10-25/h7-8,15-17H,4-6,9-14H2,1-3H3. The molecule has 2 aliphatic heterocycles. The normalized spacial score (nSPS) is 19.3. The molecule has 2 fully saturated rings. The van der Waals surface area contributed by atoms with Gasteiger partial charge >= 0.3 is 0 Å². The molecule has 0 aliphatic carbocycles. The highest BCUT2D eigenvalue weighted by atomic mass is 35.5. The van der Waals surface area contributed by atoms with Crippen LogP contribution in [0.25, 0.3) is 0 Å². The Kier molecular flexibility index (Phi) is 7.41. The summed E-state index contributed by atoms with van der Waals surface area (Å²) >= 11 is 6.13. The molecule has 0 aromatic heterocycles. The Morgan fingerprint density at radius 3 is 2.21 bits per heavy atom. The van der Waals surface area contributed by atoms with Crippen LogP contribution in [-0.4, -0.2) is 77.9 Å². The summed E-state index contributed by atoms with van der Waals surface area (Å²) in [6.07, 6.45) is 3.38. The molecule has 1 unspecified atom stereocenters. The largest absolute Gasteiger partial charge is 0.490 e. The van der Waals surface area contributed by atoms with E-state index in [4.69, 9.17) is 16.3 Å². The monoisotopic (exact) mass is 421 g/mol. The molecular weight excluding hydrogens is 390 g/mol. The third-order valence-electron chi connectivity index (χ3n) is 5.71. The summed E-state index contributed by atoms with van der Waals surface area (Å²) < 4.78 is 5.80. The third kappa shape index (κ3) is 5.43. The van der Waals surface area contributed by atoms with Crippen LogP contribution in [0.2, 0.25) is 5.02 Å². The molecule has 2 aliphatic rings. The summed E-state index contributed by atoms with van der Waals surface area (Å²) in [7, 11) is 0. The highest BCUT2D eigenvalue weighted by Gasteiger charge is 2.31. The van der Waals surface area contributed by atoms with Crippen molar-refractivity contribution < 1.29 is 14.3 Å². The molecule has 0 N–H and O–H groups in total. The van der Waals surface area contributed by atoms with E-state index in [1.807, 2.05) is 30.6 Å². The van der Waals surface area contributed by atoms with Crippen LogP contribution in [0.15, 0.2) is 18.2 Å². The summed E-state index contributed by atoms with van der Waals surface area (Å²) in [4.78, 5) is 31.9. The van der Waals surface area contributed by atoms with Crippen molar-refractivity contribution in [3.05, 3.63) is 28.8 Å². The molecule has 1 aromatic rings. The molecule has 0 saturated carbocycles. The van der Waals surface area contributed by atoms with Crippen LogP contribution in [-0.2, 0) is 4.79 Å². The van der Waals surface area contributed by atoms with E-state index in [9.17, 15) is 9.59 Å². The van der Waals surface area contributed by atoms with Gasteiger partial charge in [0.05, 0.1) is 17.7 Å². The fourth-order valence-corrected chi connectivity index (χ4v) is 4.22. The van der Waals surface area contributed by atoms with Crippen LogP contribution >= 0.6 is 11.6 Å². The van der Waals surface area contributed by atoms with Gasteiger partial charge in [0, 0.05) is 44.3 Å². The molecule has 160 valence electrons. The molecule has 29 heavy (non-hydrogen) atoms. The second kappa shape index (κ2) is 9.81. The average molecular weight is 422 g/mol. The van der Waals surface area contributed by atoms with E-state index in [-0.39, 0.29) is 24.0 Å². The SMILES string of the molecule is CC(C)Oc1ccc(Cl)cc1C(=O)N1CCN(C(C)C(=O)N2CCCCC2)CC1. The number of halogens is 1. The number of carbonyl (C=O) groups excluding carboxylic acids is 2. The smallest absolute Gasteiger partial charge is 0.257 e. The number of likely N-dealkylation sites (tertiary alicyclic amines) is 1. The molecule has 2 saturated heterocycles. The Morgan fingerprint density at radius 2 is 1.59 bits per heavy atom. The molecule has 0 bridgehead atoms. The molecule has 0 radical (unpaired) electrons. The predicted octanol–water partition coefficient (Wildman–Crippen LogP) is 3.29. The van der Waals surface area contributed by atoms with Gasteiger partial charge in [-0.15, -0.1) is 0 Å². The lowest BCUT2D eigenvalue weighted by molar-refractivity contribution is -0.137. The van der Waals surface area contributed by atoms with E-state index in [1.54, 1.807) is 18.2 Å². The number of rotatable bonds is 5. The lowest BCUT2D eigenvalue weighted by Crippen LogP contribution is -2.56. The topological polar surface area (TPSA) is 53.1 Å². The van der Waals surface area contributed by atoms with E-state index in [1.165, 1.54) is 6.42 Å². The Balaban J connectivity index is 1.61. The van der Waals surface area contributed by atoms with Gasteiger partial charge in [-0.25, -0.2) is 0 Å². The fourth-order valence-electron chi connectivity index (χ4n) is 4.04. The second-order valence-electron chi connectivity index (χ2n) is 8.20. The van der Waals surface area contributed by atoms with Crippen LogP contribution < -0.4 is 4.74 Å². The first kappa shape index (κ1) is 21.9. The van der Waals surface area contributed by atoms with Gasteiger partial charge in [0.25, 0.3) is 5.91 Å². The van der Waals surface area contributed by atoms with E-state index in [0.717, 1.165) is 25.9 Å². The van der Waals surface area contributed by atoms with E-state index < -0.39 is 0 Å². The van der Waals surface area contributed by atoms with Gasteiger partial charge in [-0.05, 0) is 58.2 Å². The molecule has 3 rings (SSSR count). The number of hydrogen-bond acceptors (Lipinski definition) is 4. The van der Waals surface area contributed by atoms with Crippen molar-refractivity contribution in [2.75, 3.05) is 39.3 Å². The van der Waals surface area contributed by atoms with E-state index in [0.29, 0.717) is 42.5 Å². The van der Waals surface area contributed by atoms with Crippen molar-refractivity contribution in [1.29, 1.82) is 0 Å². The average Bonchev–Trinajstić information content (AvgIpc) is 2.74. The van der Waals surface area contributed by atoms with Crippen LogP contribution in [0.3, 0.4) is 0 Å². The van der Waals surface area contributed by atoms with Crippen molar-refractivity contribution in [3.63, 3.8) is 0 Å². The number of carbonyl (C=O) groups is 2. The minimum atomic E-state index is -0.142. The Hall–Kier alpha value is -1.79. The maximum atomic E-state index is 13.1. The highest BCUT2D eigenvalue weighted by Crippen LogP contribution is 2.26. The van der Waals surface area contributed by atoms with E-state index >= 15 is 0 Å². The zero-order chi connectivity index (χ0) is 21.0. The van der Waals surface area contributed by atoms with E-state index in [2.05, 4.69) is 4.90 Å². The lowest BCUT2D eigenvalue weighted by Gasteiger charge is -2.39. The summed E-state index contributed by atoms with van der Waals surface area (Å²) in [5.41, 5.74) is 0.497. The van der Waals surface area contributed by atoms with Gasteiger partial charge in [-0.3, -0.25) is 14.5 Å². The Morgan fingerprint density at radius 1 is 0.931 bits per heavy atom. The zero-order valence-electron chi connectivity index (χ0n) is 17.7. The van der Waals surface area contributed by atoms with Crippen molar-refractivity contribution in [2.24, 2.45) is 0 Å². The first-order chi connectivity index (χ1) is 13.9. The van der Waals surface area contributed by atoms with Crippen molar-refractivity contribution in [1.82, 2.24) is 14.7 Å². The van der Waals surface area contributed by atoms with Gasteiger partial charge in [0.2, 0.25) is 5.91 Å². The summed E-state index contributed by atoms with van der Waals surface area (Å²) in [6, 6.07) is 5.03. The van der Waals surface area contributed by atoms with Gasteiger partial charge in [0.1, 0.15) is 5.75 Å². The van der Waals surface area contributed by atoms with Gasteiger partial charge in [-0.1, -0.05) is 11.6 Å². The third-order valence-corrected chi connectivity index (χ3v) is 5.94. The van der Waals surface area contributed by atoms with Crippen LogP contribution in [0.1, 0.15) is 50.4 Å². The van der Waals surface area contributed by atoms with Gasteiger partial charge < -0.3 is 14.5 Å². The second-order valence-corrected chi connectivity index (χ2v) is 8.63. The minimum Gasteiger partial charge on any atom is -0.490 e. The summed E-state index contributed by atoms with van der Waals surface area (Å²) in [5.74, 6) is 0.704. The molecule has 6 nitrogen and oxygen atoms in total. The Bertz CT molecular complexity index is 726. The zero-order valence-corrected chi connectivity index (χ0v) is 18.5. The summed E-state index contributed by atoms with van der Waals surface area (Å²) in [6.45, 7) is 10.1. The van der Waals surface area contributed by atoms with Crippen LogP contribution in [0, 0.1) is 0 Å². The van der Waals surface area contributed by atoms with Crippen molar-refractivity contribution >= 4 is 23.4 Å². The number of nitrogens with zero attached hydrogens (tertiary/aromatic N) is 3. The van der Waals surface area contributed by atoms with Crippen LogP contribution in [0.4, 0.5) is 0 Å². The first-order valence-electron chi connectivity index (χ1n) is 10.6. The number of amides is 2. The van der Waals surface area contributed by atoms with Crippen molar-refractivity contribution in [2.45, 2.75) is 52.2 Å². The number of ether oxygens (including phenoxy) is 1. The Labute approximate surface area is 178 Å². The quantitative estimate of drug-likeness (QED) is 0.732. The van der Waals surface area contributed by atoms with Gasteiger partial charge in [0.15, 0.2) is 0 Å². The molecule has 7 heteroatoms. The molecule has 2 amide bonds. The minimum absolute atomic E-state index is 0.0266. The molecular formula is C22H32ClN3O3. The number of hydrogen-bond donors (Lipinski definition) is 0. The highest BCUT2D eigenvalue weighted by molar-refractivity contribution is 6.31. The molecule has 1 atom stereocenters. The number of piperidine rings is 1. The fraction of sp³-hybridized carbons (Fsp3) is 0.636. The lowest BCUT2D eigenvalue weighted by atomic mass is 10.1. The number of benzene rings is 1. The molecule has 0 spiro atoms. The molecule has 2 heterocycles. The van der Waals surface area contributed by atoms with Gasteiger partial charge in [-0.2, -0.15) is 0 Å². The molecule has 1 aromatic carbocycles. The summed E-state index contributed by atoms with van der Waals surface area (Å²) in [5, 5.41) is 0.517. The maximum Gasteiger partial charge on any atom is 0.257 e. The maximum absolute atomic E-state index is 13.1. The first-order valence-corrected chi connectivity index (χ1v) is 11.0. The number of piperazine rings is 1.